The Morgan fingerprint density at radius 2 is 1.62 bits per heavy atom. The highest BCUT2D eigenvalue weighted by Gasteiger charge is 2.03. The zero-order valence-corrected chi connectivity index (χ0v) is 9.29. The van der Waals surface area contributed by atoms with Gasteiger partial charge in [0.05, 0.1) is 0 Å². The number of rotatable bonds is 1. The SMILES string of the molecule is CC(=O)Sc1cc(C)c(C)c(C)c1. The molecule has 1 aromatic rings. The number of hydrogen-bond acceptors (Lipinski definition) is 2. The molecule has 0 N–H and O–H groups in total. The van der Waals surface area contributed by atoms with Crippen LogP contribution in [0.15, 0.2) is 17.0 Å². The van der Waals surface area contributed by atoms with Gasteiger partial charge in [-0.15, -0.1) is 0 Å². The summed E-state index contributed by atoms with van der Waals surface area (Å²) in [4.78, 5) is 11.9. The maximum absolute atomic E-state index is 10.9. The molecule has 0 atom stereocenters. The summed E-state index contributed by atoms with van der Waals surface area (Å²) in [5.41, 5.74) is 3.82. The summed E-state index contributed by atoms with van der Waals surface area (Å²) in [5, 5.41) is 0.141. The highest BCUT2D eigenvalue weighted by molar-refractivity contribution is 8.13. The smallest absolute Gasteiger partial charge is 0.190 e. The van der Waals surface area contributed by atoms with Crippen LogP contribution in [-0.2, 0) is 4.79 Å². The number of carbonyl (C=O) groups excluding carboxylic acids is 1. The first-order valence-corrected chi connectivity index (χ1v) is 5.08. The Kier molecular flexibility index (Phi) is 3.15. The lowest BCUT2D eigenvalue weighted by atomic mass is 10.1. The van der Waals surface area contributed by atoms with Crippen LogP contribution in [0.3, 0.4) is 0 Å². The number of thioether (sulfide) groups is 1. The lowest BCUT2D eigenvalue weighted by molar-refractivity contribution is -0.109. The first-order chi connectivity index (χ1) is 6.00. The standard InChI is InChI=1S/C11H14OS/c1-7-5-11(13-10(4)12)6-8(2)9(7)3/h5-6H,1-4H3. The van der Waals surface area contributed by atoms with E-state index >= 15 is 0 Å². The molecule has 0 saturated carbocycles. The van der Waals surface area contributed by atoms with Crippen molar-refractivity contribution in [2.45, 2.75) is 32.6 Å². The van der Waals surface area contributed by atoms with Crippen molar-refractivity contribution in [2.75, 3.05) is 0 Å². The molecule has 0 aliphatic heterocycles. The molecule has 0 amide bonds. The van der Waals surface area contributed by atoms with Gasteiger partial charge < -0.3 is 0 Å². The van der Waals surface area contributed by atoms with Gasteiger partial charge in [-0.2, -0.15) is 0 Å². The minimum absolute atomic E-state index is 0.141. The summed E-state index contributed by atoms with van der Waals surface area (Å²) in [6.45, 7) is 7.85. The highest BCUT2D eigenvalue weighted by atomic mass is 32.2. The van der Waals surface area contributed by atoms with E-state index in [9.17, 15) is 4.79 Å². The van der Waals surface area contributed by atoms with Crippen molar-refractivity contribution >= 4 is 16.9 Å². The first-order valence-electron chi connectivity index (χ1n) is 4.27. The van der Waals surface area contributed by atoms with E-state index in [1.807, 2.05) is 0 Å². The zero-order valence-electron chi connectivity index (χ0n) is 8.47. The van der Waals surface area contributed by atoms with Crippen LogP contribution >= 0.6 is 11.8 Å². The summed E-state index contributed by atoms with van der Waals surface area (Å²) in [6, 6.07) is 4.13. The molecule has 70 valence electrons. The van der Waals surface area contributed by atoms with Crippen LogP contribution in [-0.4, -0.2) is 5.12 Å². The Hall–Kier alpha value is -0.760. The molecule has 1 rings (SSSR count). The molecule has 2 heteroatoms. The maximum Gasteiger partial charge on any atom is 0.190 e. The van der Waals surface area contributed by atoms with Crippen LogP contribution in [0.25, 0.3) is 0 Å². The molecule has 1 nitrogen and oxygen atoms in total. The summed E-state index contributed by atoms with van der Waals surface area (Å²) in [6.07, 6.45) is 0. The van der Waals surface area contributed by atoms with Gasteiger partial charge in [0.25, 0.3) is 0 Å². The van der Waals surface area contributed by atoms with E-state index in [-0.39, 0.29) is 5.12 Å². The van der Waals surface area contributed by atoms with Gasteiger partial charge in [-0.1, -0.05) is 11.8 Å². The normalized spacial score (nSPS) is 10.2. The quantitative estimate of drug-likeness (QED) is 0.638. The van der Waals surface area contributed by atoms with Gasteiger partial charge in [0.2, 0.25) is 0 Å². The Bertz CT molecular complexity index is 319. The van der Waals surface area contributed by atoms with Gasteiger partial charge in [-0.05, 0) is 49.6 Å². The second-order valence-corrected chi connectivity index (χ2v) is 4.53. The number of carbonyl (C=O) groups is 1. The third-order valence-corrected chi connectivity index (χ3v) is 2.92. The minimum Gasteiger partial charge on any atom is -0.287 e. The zero-order chi connectivity index (χ0) is 10.0. The van der Waals surface area contributed by atoms with E-state index < -0.39 is 0 Å². The number of benzene rings is 1. The summed E-state index contributed by atoms with van der Waals surface area (Å²) in [5.74, 6) is 0. The average Bonchev–Trinajstić information content (AvgIpc) is 1.98. The van der Waals surface area contributed by atoms with Gasteiger partial charge in [0.1, 0.15) is 0 Å². The second kappa shape index (κ2) is 3.97. The molecular formula is C11H14OS. The Balaban J connectivity index is 3.06. The molecule has 0 spiro atoms. The number of aryl methyl sites for hydroxylation is 2. The van der Waals surface area contributed by atoms with Crippen LogP contribution in [0, 0.1) is 20.8 Å². The topological polar surface area (TPSA) is 17.1 Å². The molecule has 0 aliphatic rings. The molecule has 0 radical (unpaired) electrons. The largest absolute Gasteiger partial charge is 0.287 e. The van der Waals surface area contributed by atoms with E-state index in [4.69, 9.17) is 0 Å². The molecule has 0 fully saturated rings. The summed E-state index contributed by atoms with van der Waals surface area (Å²) < 4.78 is 0. The summed E-state index contributed by atoms with van der Waals surface area (Å²) in [7, 11) is 0. The van der Waals surface area contributed by atoms with E-state index in [1.54, 1.807) is 6.92 Å². The van der Waals surface area contributed by atoms with Crippen LogP contribution in [0.1, 0.15) is 23.6 Å². The molecule has 0 aliphatic carbocycles. The van der Waals surface area contributed by atoms with Crippen molar-refractivity contribution in [2.24, 2.45) is 0 Å². The highest BCUT2D eigenvalue weighted by Crippen LogP contribution is 2.24. The van der Waals surface area contributed by atoms with Crippen LogP contribution < -0.4 is 0 Å². The molecule has 0 aromatic heterocycles. The molecule has 13 heavy (non-hydrogen) atoms. The van der Waals surface area contributed by atoms with Gasteiger partial charge in [0, 0.05) is 11.8 Å². The Morgan fingerprint density at radius 1 is 1.15 bits per heavy atom. The second-order valence-electron chi connectivity index (χ2n) is 3.28. The first kappa shape index (κ1) is 10.3. The van der Waals surface area contributed by atoms with Crippen molar-refractivity contribution in [3.63, 3.8) is 0 Å². The fraction of sp³-hybridized carbons (Fsp3) is 0.364. The monoisotopic (exact) mass is 194 g/mol. The Morgan fingerprint density at radius 3 is 2.00 bits per heavy atom. The maximum atomic E-state index is 10.9. The van der Waals surface area contributed by atoms with Crippen molar-refractivity contribution in [1.82, 2.24) is 0 Å². The third kappa shape index (κ3) is 2.59. The third-order valence-electron chi connectivity index (χ3n) is 2.16. The molecule has 0 unspecified atom stereocenters. The molecule has 1 aromatic carbocycles. The van der Waals surface area contributed by atoms with Gasteiger partial charge in [0.15, 0.2) is 5.12 Å². The van der Waals surface area contributed by atoms with Crippen LogP contribution in [0.2, 0.25) is 0 Å². The average molecular weight is 194 g/mol. The number of hydrogen-bond donors (Lipinski definition) is 0. The predicted molar refractivity (Wildman–Crippen MR) is 57.2 cm³/mol. The fourth-order valence-corrected chi connectivity index (χ4v) is 2.02. The van der Waals surface area contributed by atoms with Crippen molar-refractivity contribution < 1.29 is 4.79 Å². The van der Waals surface area contributed by atoms with Crippen LogP contribution in [0.4, 0.5) is 0 Å². The van der Waals surface area contributed by atoms with Gasteiger partial charge >= 0.3 is 0 Å². The van der Waals surface area contributed by atoms with E-state index in [0.29, 0.717) is 0 Å². The predicted octanol–water partition coefficient (Wildman–Crippen LogP) is 3.25. The lowest BCUT2D eigenvalue weighted by Gasteiger charge is -2.06. The van der Waals surface area contributed by atoms with Gasteiger partial charge in [-0.3, -0.25) is 4.79 Å². The molecule has 0 saturated heterocycles. The molecular weight excluding hydrogens is 180 g/mol. The Labute approximate surface area is 83.5 Å². The van der Waals surface area contributed by atoms with Crippen molar-refractivity contribution in [1.29, 1.82) is 0 Å². The van der Waals surface area contributed by atoms with Crippen molar-refractivity contribution in [3.8, 4) is 0 Å². The molecule has 0 heterocycles. The summed E-state index contributed by atoms with van der Waals surface area (Å²) >= 11 is 1.30. The van der Waals surface area contributed by atoms with Crippen molar-refractivity contribution in [3.05, 3.63) is 28.8 Å². The fourth-order valence-electron chi connectivity index (χ4n) is 1.22. The van der Waals surface area contributed by atoms with Gasteiger partial charge in [-0.25, -0.2) is 0 Å². The van der Waals surface area contributed by atoms with E-state index in [0.717, 1.165) is 4.90 Å². The van der Waals surface area contributed by atoms with Crippen LogP contribution in [0.5, 0.6) is 0 Å². The van der Waals surface area contributed by atoms with E-state index in [1.165, 1.54) is 28.5 Å². The lowest BCUT2D eigenvalue weighted by Crippen LogP contribution is -1.89. The van der Waals surface area contributed by atoms with E-state index in [2.05, 4.69) is 32.9 Å². The molecule has 0 bridgehead atoms. The minimum atomic E-state index is 0.141.